The van der Waals surface area contributed by atoms with E-state index in [1.165, 1.54) is 68.8 Å². The molecule has 0 fully saturated rings. The monoisotopic (exact) mass is 530 g/mol. The number of methoxy groups -OCH3 is 2. The summed E-state index contributed by atoms with van der Waals surface area (Å²) in [6, 6.07) is 14.4. The molecule has 1 amide bonds. The maximum atomic E-state index is 13.7. The lowest BCUT2D eigenvalue weighted by atomic mass is 10.1. The normalized spacial score (nSPS) is 11.5. The number of amides is 1. The first-order valence-corrected chi connectivity index (χ1v) is 12.1. The highest BCUT2D eigenvalue weighted by Gasteiger charge is 2.34. The van der Waals surface area contributed by atoms with Crippen LogP contribution in [0.25, 0.3) is 0 Å². The molecule has 0 aliphatic heterocycles. The number of ether oxygens (including phenoxy) is 2. The molecule has 194 valence electrons. The van der Waals surface area contributed by atoms with E-state index >= 15 is 0 Å². The molecule has 3 aromatic rings. The highest BCUT2D eigenvalue weighted by atomic mass is 32.2. The minimum atomic E-state index is -4.65. The van der Waals surface area contributed by atoms with Crippen molar-refractivity contribution in [3.05, 3.63) is 88.2 Å². The van der Waals surface area contributed by atoms with Crippen LogP contribution in [0.15, 0.2) is 76.7 Å². The first-order valence-electron chi connectivity index (χ1n) is 10.7. The molecule has 13 heteroatoms. The van der Waals surface area contributed by atoms with Gasteiger partial charge in [0.15, 0.2) is 4.90 Å². The van der Waals surface area contributed by atoms with Crippen molar-refractivity contribution >= 4 is 33.0 Å². The number of hydrazone groups is 1. The van der Waals surface area contributed by atoms with Gasteiger partial charge >= 0.3 is 0 Å². The lowest BCUT2D eigenvalue weighted by Gasteiger charge is -2.25. The molecule has 0 aromatic heterocycles. The average molecular weight is 531 g/mol. The number of hydrogen-bond acceptors (Lipinski definition) is 8. The van der Waals surface area contributed by atoms with Gasteiger partial charge in [-0.3, -0.25) is 19.2 Å². The van der Waals surface area contributed by atoms with Crippen molar-refractivity contribution < 1.29 is 32.0 Å². The standard InChI is InChI=1S/C24H23FN4O7S/c1-16(17-8-10-18(25)11-9-17)26-27-24(30)15-28(20-13-12-19(35-2)14-22(20)36-3)37(33,34)23-7-5-4-6-21(23)29(31)32/h4-14H,15H2,1-3H3,(H,27,30)/b26-16-. The number of para-hydroxylation sites is 1. The molecule has 1 N–H and O–H groups in total. The van der Waals surface area contributed by atoms with Gasteiger partial charge in [0.2, 0.25) is 0 Å². The summed E-state index contributed by atoms with van der Waals surface area (Å²) in [5, 5.41) is 15.5. The Morgan fingerprint density at radius 1 is 1.08 bits per heavy atom. The van der Waals surface area contributed by atoms with Crippen molar-refractivity contribution in [1.29, 1.82) is 0 Å². The number of carbonyl (C=O) groups excluding carboxylic acids is 1. The topological polar surface area (TPSA) is 140 Å². The minimum Gasteiger partial charge on any atom is -0.497 e. The van der Waals surface area contributed by atoms with Crippen LogP contribution in [0.2, 0.25) is 0 Å². The second-order valence-corrected chi connectivity index (χ2v) is 9.34. The number of nitro groups is 1. The van der Waals surface area contributed by atoms with Crippen molar-refractivity contribution in [3.8, 4) is 11.5 Å². The van der Waals surface area contributed by atoms with Crippen LogP contribution in [-0.2, 0) is 14.8 Å². The summed E-state index contributed by atoms with van der Waals surface area (Å²) < 4.78 is 51.7. The van der Waals surface area contributed by atoms with E-state index in [1.807, 2.05) is 0 Å². The Balaban J connectivity index is 2.03. The predicted octanol–water partition coefficient (Wildman–Crippen LogP) is 3.49. The van der Waals surface area contributed by atoms with Gasteiger partial charge in [-0.15, -0.1) is 0 Å². The van der Waals surface area contributed by atoms with Gasteiger partial charge in [-0.1, -0.05) is 24.3 Å². The van der Waals surface area contributed by atoms with Gasteiger partial charge in [0.25, 0.3) is 21.6 Å². The number of nitrogens with one attached hydrogen (secondary N) is 1. The first-order chi connectivity index (χ1) is 17.6. The van der Waals surface area contributed by atoms with Crippen molar-refractivity contribution in [3.63, 3.8) is 0 Å². The summed E-state index contributed by atoms with van der Waals surface area (Å²) in [6.45, 7) is 0.777. The zero-order chi connectivity index (χ0) is 27.2. The Bertz CT molecular complexity index is 1440. The molecule has 37 heavy (non-hydrogen) atoms. The second-order valence-electron chi connectivity index (χ2n) is 7.51. The lowest BCUT2D eigenvalue weighted by molar-refractivity contribution is -0.387. The van der Waals surface area contributed by atoms with Crippen LogP contribution in [0.4, 0.5) is 15.8 Å². The van der Waals surface area contributed by atoms with E-state index in [2.05, 4.69) is 10.5 Å². The Morgan fingerprint density at radius 2 is 1.76 bits per heavy atom. The molecule has 0 heterocycles. The summed E-state index contributed by atoms with van der Waals surface area (Å²) >= 11 is 0. The molecule has 11 nitrogen and oxygen atoms in total. The summed E-state index contributed by atoms with van der Waals surface area (Å²) in [4.78, 5) is 23.0. The maximum absolute atomic E-state index is 13.7. The molecule has 0 saturated heterocycles. The van der Waals surface area contributed by atoms with Gasteiger partial charge in [0.05, 0.1) is 30.5 Å². The van der Waals surface area contributed by atoms with Crippen LogP contribution < -0.4 is 19.2 Å². The fourth-order valence-corrected chi connectivity index (χ4v) is 4.89. The van der Waals surface area contributed by atoms with E-state index in [0.29, 0.717) is 21.3 Å². The van der Waals surface area contributed by atoms with Gasteiger partial charge in [0.1, 0.15) is 23.9 Å². The Morgan fingerprint density at radius 3 is 2.38 bits per heavy atom. The molecule has 3 aromatic carbocycles. The molecular formula is C24H23FN4O7S. The Kier molecular flexibility index (Phi) is 8.40. The van der Waals surface area contributed by atoms with Crippen LogP contribution in [0, 0.1) is 15.9 Å². The van der Waals surface area contributed by atoms with E-state index < -0.39 is 43.8 Å². The SMILES string of the molecule is COc1ccc(N(CC(=O)N/N=C(/C)c2ccc(F)cc2)S(=O)(=O)c2ccccc2[N+](=O)[O-])c(OC)c1. The van der Waals surface area contributed by atoms with E-state index in [-0.39, 0.29) is 11.4 Å². The number of hydrogen-bond donors (Lipinski definition) is 1. The van der Waals surface area contributed by atoms with E-state index in [4.69, 9.17) is 9.47 Å². The molecule has 0 atom stereocenters. The number of halogens is 1. The molecule has 0 aliphatic rings. The fraction of sp³-hybridized carbons (Fsp3) is 0.167. The average Bonchev–Trinajstić information content (AvgIpc) is 2.90. The highest BCUT2D eigenvalue weighted by molar-refractivity contribution is 7.93. The molecule has 0 saturated carbocycles. The van der Waals surface area contributed by atoms with Crippen LogP contribution >= 0.6 is 0 Å². The van der Waals surface area contributed by atoms with E-state index in [1.54, 1.807) is 6.92 Å². The van der Waals surface area contributed by atoms with Gasteiger partial charge in [-0.2, -0.15) is 5.10 Å². The van der Waals surface area contributed by atoms with Crippen molar-refractivity contribution in [1.82, 2.24) is 5.43 Å². The van der Waals surface area contributed by atoms with Crippen molar-refractivity contribution in [2.24, 2.45) is 5.10 Å². The number of carbonyl (C=O) groups is 1. The van der Waals surface area contributed by atoms with Gasteiger partial charge < -0.3 is 9.47 Å². The van der Waals surface area contributed by atoms with Crippen LogP contribution in [0.1, 0.15) is 12.5 Å². The number of nitrogens with zero attached hydrogens (tertiary/aromatic N) is 3. The molecular weight excluding hydrogens is 507 g/mol. The Hall–Kier alpha value is -4.52. The van der Waals surface area contributed by atoms with Crippen LogP contribution in [0.5, 0.6) is 11.5 Å². The third-order valence-electron chi connectivity index (χ3n) is 5.18. The summed E-state index contributed by atoms with van der Waals surface area (Å²) in [7, 11) is -1.95. The zero-order valence-electron chi connectivity index (χ0n) is 20.0. The smallest absolute Gasteiger partial charge is 0.289 e. The van der Waals surface area contributed by atoms with Gasteiger partial charge in [0, 0.05) is 12.1 Å². The third-order valence-corrected chi connectivity index (χ3v) is 6.99. The number of sulfonamides is 1. The molecule has 0 aliphatic carbocycles. The highest BCUT2D eigenvalue weighted by Crippen LogP contribution is 2.37. The summed E-state index contributed by atoms with van der Waals surface area (Å²) in [5.41, 5.74) is 2.41. The largest absolute Gasteiger partial charge is 0.497 e. The maximum Gasteiger partial charge on any atom is 0.289 e. The van der Waals surface area contributed by atoms with Crippen molar-refractivity contribution in [2.45, 2.75) is 11.8 Å². The number of nitro benzene ring substituents is 1. The second kappa shape index (κ2) is 11.5. The van der Waals surface area contributed by atoms with Crippen LogP contribution in [0.3, 0.4) is 0 Å². The Labute approximate surface area is 212 Å². The number of anilines is 1. The fourth-order valence-electron chi connectivity index (χ4n) is 3.30. The lowest BCUT2D eigenvalue weighted by Crippen LogP contribution is -2.40. The molecule has 0 radical (unpaired) electrons. The quantitative estimate of drug-likeness (QED) is 0.240. The van der Waals surface area contributed by atoms with E-state index in [9.17, 15) is 27.7 Å². The molecule has 0 unspecified atom stereocenters. The van der Waals surface area contributed by atoms with Gasteiger partial charge in [-0.25, -0.2) is 18.2 Å². The molecule has 3 rings (SSSR count). The predicted molar refractivity (Wildman–Crippen MR) is 134 cm³/mol. The zero-order valence-corrected chi connectivity index (χ0v) is 20.9. The summed E-state index contributed by atoms with van der Waals surface area (Å²) in [6.07, 6.45) is 0. The number of rotatable bonds is 10. The number of benzene rings is 3. The summed E-state index contributed by atoms with van der Waals surface area (Å²) in [5.74, 6) is -0.890. The third kappa shape index (κ3) is 6.19. The van der Waals surface area contributed by atoms with Crippen LogP contribution in [-0.4, -0.2) is 45.7 Å². The van der Waals surface area contributed by atoms with E-state index in [0.717, 1.165) is 12.1 Å². The first kappa shape index (κ1) is 27.1. The molecule has 0 spiro atoms. The van der Waals surface area contributed by atoms with Gasteiger partial charge in [-0.05, 0) is 42.8 Å². The van der Waals surface area contributed by atoms with Crippen molar-refractivity contribution in [2.75, 3.05) is 25.1 Å². The molecule has 0 bridgehead atoms. The minimum absolute atomic E-state index is 0.0419.